The molecule has 0 spiro atoms. The van der Waals surface area contributed by atoms with Crippen molar-refractivity contribution < 1.29 is 24.5 Å². The Morgan fingerprint density at radius 1 is 0.789 bits per heavy atom. The zero-order valence-corrected chi connectivity index (χ0v) is 11.6. The molecular formula is C14H26O5. The summed E-state index contributed by atoms with van der Waals surface area (Å²) in [6.45, 7) is 0.677. The van der Waals surface area contributed by atoms with Crippen LogP contribution in [0.5, 0.6) is 0 Å². The van der Waals surface area contributed by atoms with Crippen LogP contribution in [0.4, 0.5) is 0 Å². The van der Waals surface area contributed by atoms with E-state index in [0.717, 1.165) is 32.1 Å². The Labute approximate surface area is 115 Å². The summed E-state index contributed by atoms with van der Waals surface area (Å²) in [5.41, 5.74) is 0. The van der Waals surface area contributed by atoms with Crippen LogP contribution in [0.3, 0.4) is 0 Å². The van der Waals surface area contributed by atoms with E-state index in [4.69, 9.17) is 14.9 Å². The first kappa shape index (κ1) is 17.9. The maximum atomic E-state index is 11.1. The number of carboxylic acid groups (broad SMARTS) is 1. The Balaban J connectivity index is 3.13. The summed E-state index contributed by atoms with van der Waals surface area (Å²) in [7, 11) is 0. The average Bonchev–Trinajstić information content (AvgIpc) is 2.38. The van der Waals surface area contributed by atoms with E-state index in [1.807, 2.05) is 0 Å². The van der Waals surface area contributed by atoms with E-state index in [0.29, 0.717) is 6.61 Å². The molecule has 0 fully saturated rings. The van der Waals surface area contributed by atoms with Crippen molar-refractivity contribution in [1.82, 2.24) is 0 Å². The first-order valence-electron chi connectivity index (χ1n) is 7.15. The van der Waals surface area contributed by atoms with Gasteiger partial charge in [-0.3, -0.25) is 9.59 Å². The number of rotatable bonds is 13. The summed E-state index contributed by atoms with van der Waals surface area (Å²) in [5, 5.41) is 17.0. The third kappa shape index (κ3) is 14.8. The summed E-state index contributed by atoms with van der Waals surface area (Å²) in [6, 6.07) is 0. The van der Waals surface area contributed by atoms with E-state index in [2.05, 4.69) is 0 Å². The van der Waals surface area contributed by atoms with Gasteiger partial charge in [-0.2, -0.15) is 0 Å². The molecule has 5 nitrogen and oxygen atoms in total. The second-order valence-corrected chi connectivity index (χ2v) is 4.67. The third-order valence-electron chi connectivity index (χ3n) is 2.86. The minimum absolute atomic E-state index is 0.0415. The summed E-state index contributed by atoms with van der Waals surface area (Å²) in [4.78, 5) is 21.3. The van der Waals surface area contributed by atoms with Gasteiger partial charge in [0.15, 0.2) is 0 Å². The van der Waals surface area contributed by atoms with Crippen molar-refractivity contribution in [2.45, 2.75) is 64.2 Å². The summed E-state index contributed by atoms with van der Waals surface area (Å²) < 4.78 is 4.92. The van der Waals surface area contributed by atoms with Crippen molar-refractivity contribution in [3.8, 4) is 0 Å². The van der Waals surface area contributed by atoms with E-state index in [1.165, 1.54) is 19.3 Å². The molecule has 112 valence electrons. The number of hydrogen-bond acceptors (Lipinski definition) is 4. The van der Waals surface area contributed by atoms with Crippen LogP contribution in [-0.4, -0.2) is 35.4 Å². The van der Waals surface area contributed by atoms with Crippen molar-refractivity contribution in [2.24, 2.45) is 0 Å². The van der Waals surface area contributed by atoms with E-state index in [9.17, 15) is 9.59 Å². The molecule has 0 radical (unpaired) electrons. The number of aliphatic carboxylic acids is 1. The van der Waals surface area contributed by atoms with Gasteiger partial charge in [0.2, 0.25) is 0 Å². The first-order valence-corrected chi connectivity index (χ1v) is 7.15. The molecule has 2 N–H and O–H groups in total. The van der Waals surface area contributed by atoms with Gasteiger partial charge in [0.25, 0.3) is 0 Å². The molecule has 0 saturated heterocycles. The Morgan fingerprint density at radius 2 is 1.32 bits per heavy atom. The SMILES string of the molecule is O=C(O)CCC(=O)OCCCCCCCCCCO. The first-order chi connectivity index (χ1) is 9.16. The van der Waals surface area contributed by atoms with Crippen LogP contribution in [0.1, 0.15) is 64.2 Å². The molecule has 0 heterocycles. The molecule has 0 aromatic rings. The lowest BCUT2D eigenvalue weighted by Gasteiger charge is -2.04. The molecule has 19 heavy (non-hydrogen) atoms. The standard InChI is InChI=1S/C14H26O5/c15-11-7-5-3-1-2-4-6-8-12-19-14(18)10-9-13(16)17/h15H,1-12H2,(H,16,17). The maximum Gasteiger partial charge on any atom is 0.306 e. The molecule has 0 aromatic carbocycles. The van der Waals surface area contributed by atoms with Crippen LogP contribution >= 0.6 is 0 Å². The zero-order valence-electron chi connectivity index (χ0n) is 11.6. The Kier molecular flexibility index (Phi) is 12.6. The van der Waals surface area contributed by atoms with E-state index in [-0.39, 0.29) is 19.4 Å². The van der Waals surface area contributed by atoms with Gasteiger partial charge in [-0.25, -0.2) is 0 Å². The van der Waals surface area contributed by atoms with Crippen LogP contribution in [0.15, 0.2) is 0 Å². The molecule has 0 unspecified atom stereocenters. The lowest BCUT2D eigenvalue weighted by atomic mass is 10.1. The maximum absolute atomic E-state index is 11.1. The molecule has 0 aliphatic rings. The number of esters is 1. The highest BCUT2D eigenvalue weighted by molar-refractivity contribution is 5.76. The molecule has 0 amide bonds. The average molecular weight is 274 g/mol. The lowest BCUT2D eigenvalue weighted by molar-refractivity contribution is -0.147. The minimum Gasteiger partial charge on any atom is -0.481 e. The number of aliphatic hydroxyl groups is 1. The van der Waals surface area contributed by atoms with Crippen molar-refractivity contribution in [3.05, 3.63) is 0 Å². The lowest BCUT2D eigenvalue weighted by Crippen LogP contribution is -2.08. The molecule has 0 aliphatic carbocycles. The predicted molar refractivity (Wildman–Crippen MR) is 71.9 cm³/mol. The van der Waals surface area contributed by atoms with Gasteiger partial charge < -0.3 is 14.9 Å². The monoisotopic (exact) mass is 274 g/mol. The molecule has 0 rings (SSSR count). The molecule has 0 saturated carbocycles. The molecule has 0 aromatic heterocycles. The highest BCUT2D eigenvalue weighted by Crippen LogP contribution is 2.08. The van der Waals surface area contributed by atoms with E-state index < -0.39 is 11.9 Å². The van der Waals surface area contributed by atoms with Gasteiger partial charge in [-0.05, 0) is 12.8 Å². The van der Waals surface area contributed by atoms with E-state index in [1.54, 1.807) is 0 Å². The Bertz CT molecular complexity index is 240. The number of carbonyl (C=O) groups is 2. The van der Waals surface area contributed by atoms with Crippen molar-refractivity contribution >= 4 is 11.9 Å². The van der Waals surface area contributed by atoms with Gasteiger partial charge in [0.1, 0.15) is 0 Å². The van der Waals surface area contributed by atoms with Crippen molar-refractivity contribution in [3.63, 3.8) is 0 Å². The third-order valence-corrected chi connectivity index (χ3v) is 2.86. The van der Waals surface area contributed by atoms with Gasteiger partial charge in [0.05, 0.1) is 19.4 Å². The van der Waals surface area contributed by atoms with Crippen LogP contribution in [0.2, 0.25) is 0 Å². The van der Waals surface area contributed by atoms with Crippen LogP contribution in [-0.2, 0) is 14.3 Å². The van der Waals surface area contributed by atoms with Crippen molar-refractivity contribution in [1.29, 1.82) is 0 Å². The summed E-state index contributed by atoms with van der Waals surface area (Å²) >= 11 is 0. The highest BCUT2D eigenvalue weighted by Gasteiger charge is 2.05. The number of carboxylic acids is 1. The summed E-state index contributed by atoms with van der Waals surface area (Å²) in [6.07, 6.45) is 8.34. The Hall–Kier alpha value is -1.10. The summed E-state index contributed by atoms with van der Waals surface area (Å²) in [5.74, 6) is -1.40. The molecule has 5 heteroatoms. The largest absolute Gasteiger partial charge is 0.481 e. The van der Waals surface area contributed by atoms with Gasteiger partial charge in [-0.15, -0.1) is 0 Å². The van der Waals surface area contributed by atoms with E-state index >= 15 is 0 Å². The minimum atomic E-state index is -0.974. The molecular weight excluding hydrogens is 248 g/mol. The number of ether oxygens (including phenoxy) is 1. The topological polar surface area (TPSA) is 83.8 Å². The fourth-order valence-corrected chi connectivity index (χ4v) is 1.74. The predicted octanol–water partition coefficient (Wildman–Crippen LogP) is 2.51. The number of carbonyl (C=O) groups excluding carboxylic acids is 1. The fraction of sp³-hybridized carbons (Fsp3) is 0.857. The molecule has 0 bridgehead atoms. The van der Waals surface area contributed by atoms with Crippen LogP contribution in [0, 0.1) is 0 Å². The molecule has 0 aliphatic heterocycles. The van der Waals surface area contributed by atoms with Crippen LogP contribution < -0.4 is 0 Å². The van der Waals surface area contributed by atoms with Crippen molar-refractivity contribution in [2.75, 3.05) is 13.2 Å². The highest BCUT2D eigenvalue weighted by atomic mass is 16.5. The van der Waals surface area contributed by atoms with Gasteiger partial charge in [-0.1, -0.05) is 38.5 Å². The van der Waals surface area contributed by atoms with Crippen LogP contribution in [0.25, 0.3) is 0 Å². The number of aliphatic hydroxyl groups excluding tert-OH is 1. The second-order valence-electron chi connectivity index (χ2n) is 4.67. The number of hydrogen-bond donors (Lipinski definition) is 2. The Morgan fingerprint density at radius 3 is 1.84 bits per heavy atom. The smallest absolute Gasteiger partial charge is 0.306 e. The van der Waals surface area contributed by atoms with Gasteiger partial charge in [0, 0.05) is 6.61 Å². The molecule has 0 atom stereocenters. The fourth-order valence-electron chi connectivity index (χ4n) is 1.74. The normalized spacial score (nSPS) is 10.4. The number of unbranched alkanes of at least 4 members (excludes halogenated alkanes) is 7. The second kappa shape index (κ2) is 13.3. The zero-order chi connectivity index (χ0) is 14.3. The quantitative estimate of drug-likeness (QED) is 0.398. The van der Waals surface area contributed by atoms with Gasteiger partial charge >= 0.3 is 11.9 Å².